The summed E-state index contributed by atoms with van der Waals surface area (Å²) < 4.78 is 44.3. The van der Waals surface area contributed by atoms with E-state index >= 15 is 0 Å². The van der Waals surface area contributed by atoms with Crippen LogP contribution in [0.4, 0.5) is 19.1 Å². The van der Waals surface area contributed by atoms with E-state index in [0.717, 1.165) is 25.7 Å². The van der Waals surface area contributed by atoms with Crippen molar-refractivity contribution in [1.29, 1.82) is 0 Å². The van der Waals surface area contributed by atoms with Gasteiger partial charge in [-0.3, -0.25) is 10.1 Å². The summed E-state index contributed by atoms with van der Waals surface area (Å²) in [7, 11) is 1.77. The smallest absolute Gasteiger partial charge is 0.330 e. The Labute approximate surface area is 223 Å². The molecular weight excluding hydrogens is 517 g/mol. The number of aromatic nitrogens is 7. The summed E-state index contributed by atoms with van der Waals surface area (Å²) in [4.78, 5) is 17.1. The van der Waals surface area contributed by atoms with Gasteiger partial charge in [0.05, 0.1) is 21.7 Å². The van der Waals surface area contributed by atoms with Crippen LogP contribution >= 0.6 is 11.6 Å². The lowest BCUT2D eigenvalue weighted by Crippen LogP contribution is -2.42. The molecule has 1 saturated carbocycles. The number of aromatic amines is 1. The van der Waals surface area contributed by atoms with Crippen LogP contribution in [0.3, 0.4) is 0 Å². The number of imidazole rings is 1. The van der Waals surface area contributed by atoms with E-state index in [4.69, 9.17) is 21.6 Å². The van der Waals surface area contributed by atoms with E-state index in [-0.39, 0.29) is 6.42 Å². The number of H-pyrrole nitrogens is 1. The quantitative estimate of drug-likeness (QED) is 0.321. The van der Waals surface area contributed by atoms with Crippen LogP contribution < -0.4 is 4.90 Å². The Bertz CT molecular complexity index is 1430. The van der Waals surface area contributed by atoms with Gasteiger partial charge in [-0.15, -0.1) is 5.10 Å². The first-order chi connectivity index (χ1) is 18.2. The topological polar surface area (TPSA) is 80.5 Å². The maximum Gasteiger partial charge on any atom is 0.408 e. The van der Waals surface area contributed by atoms with E-state index in [1.807, 2.05) is 4.57 Å². The number of alkyl halides is 3. The van der Waals surface area contributed by atoms with Crippen molar-refractivity contribution in [2.45, 2.75) is 64.2 Å². The van der Waals surface area contributed by atoms with Crippen LogP contribution in [0, 0.1) is 11.8 Å². The summed E-state index contributed by atoms with van der Waals surface area (Å²) >= 11 is 6.30. The minimum atomic E-state index is -4.34. The molecule has 0 radical (unpaired) electrons. The fraction of sp³-hybridized carbons (Fsp3) is 0.538. The number of halogens is 4. The zero-order valence-corrected chi connectivity index (χ0v) is 22.1. The standard InChI is InChI=1S/C26H30ClF3N8/c1-15-5-7-16(8-6-15)14-38-23-19(33-25(38)37-9-3-4-21(37)26(28,29)30)11-20(24-34-36(2)35-24)32-22(23)17-10-18(27)13-31-12-17/h10-13,15-16,21H,3-9,14H2,1-2H3,(H,34,35)/t15?,16?,21-/m0/s1. The van der Waals surface area contributed by atoms with Gasteiger partial charge in [-0.05, 0) is 49.7 Å². The molecule has 0 amide bonds. The molecule has 202 valence electrons. The Kier molecular flexibility index (Phi) is 6.36. The molecule has 0 spiro atoms. The second-order valence-corrected chi connectivity index (χ2v) is 11.2. The summed E-state index contributed by atoms with van der Waals surface area (Å²) in [6, 6.07) is 2.02. The number of nitrogens with one attached hydrogen (secondary N) is 1. The van der Waals surface area contributed by atoms with Gasteiger partial charge in [-0.1, -0.05) is 31.4 Å². The van der Waals surface area contributed by atoms with Gasteiger partial charge in [-0.2, -0.15) is 13.2 Å². The summed E-state index contributed by atoms with van der Waals surface area (Å²) in [5.41, 5.74) is 3.10. The van der Waals surface area contributed by atoms with Crippen molar-refractivity contribution in [2.24, 2.45) is 18.9 Å². The van der Waals surface area contributed by atoms with Gasteiger partial charge < -0.3 is 9.47 Å². The van der Waals surface area contributed by atoms with E-state index in [0.29, 0.717) is 76.1 Å². The van der Waals surface area contributed by atoms with E-state index in [2.05, 4.69) is 22.1 Å². The molecule has 1 atom stereocenters. The zero-order valence-electron chi connectivity index (χ0n) is 21.3. The molecule has 1 aliphatic heterocycles. The fourth-order valence-corrected chi connectivity index (χ4v) is 6.11. The second kappa shape index (κ2) is 9.59. The molecule has 1 N–H and O–H groups in total. The highest BCUT2D eigenvalue weighted by atomic mass is 35.5. The van der Waals surface area contributed by atoms with Gasteiger partial charge in [0.1, 0.15) is 11.7 Å². The van der Waals surface area contributed by atoms with Crippen molar-refractivity contribution in [1.82, 2.24) is 34.5 Å². The first kappa shape index (κ1) is 25.2. The maximum absolute atomic E-state index is 14.1. The van der Waals surface area contributed by atoms with Crippen molar-refractivity contribution >= 4 is 28.6 Å². The average Bonchev–Trinajstić information content (AvgIpc) is 3.48. The fourth-order valence-electron chi connectivity index (χ4n) is 5.93. The number of pyridine rings is 2. The van der Waals surface area contributed by atoms with Crippen LogP contribution in [-0.2, 0) is 13.6 Å². The van der Waals surface area contributed by atoms with Crippen LogP contribution in [0.2, 0.25) is 5.02 Å². The van der Waals surface area contributed by atoms with E-state index in [1.54, 1.807) is 36.4 Å². The number of fused-ring (bicyclic) bond motifs is 1. The van der Waals surface area contributed by atoms with Crippen LogP contribution in [0.5, 0.6) is 0 Å². The second-order valence-electron chi connectivity index (χ2n) is 10.7. The Morgan fingerprint density at radius 1 is 1.08 bits per heavy atom. The predicted molar refractivity (Wildman–Crippen MR) is 140 cm³/mol. The third kappa shape index (κ3) is 4.65. The van der Waals surface area contributed by atoms with Crippen molar-refractivity contribution < 1.29 is 13.2 Å². The molecule has 5 heterocycles. The van der Waals surface area contributed by atoms with Crippen molar-refractivity contribution in [3.8, 4) is 22.8 Å². The zero-order chi connectivity index (χ0) is 26.6. The molecule has 38 heavy (non-hydrogen) atoms. The normalized spacial score (nSPS) is 22.6. The van der Waals surface area contributed by atoms with Crippen LogP contribution in [0.25, 0.3) is 33.8 Å². The average molecular weight is 547 g/mol. The molecule has 4 aromatic rings. The predicted octanol–water partition coefficient (Wildman–Crippen LogP) is 6.23. The van der Waals surface area contributed by atoms with Crippen molar-refractivity contribution in [3.05, 3.63) is 29.5 Å². The number of nitrogens with zero attached hydrogens (tertiary/aromatic N) is 7. The van der Waals surface area contributed by atoms with Gasteiger partial charge in [0, 0.05) is 38.1 Å². The van der Waals surface area contributed by atoms with E-state index in [9.17, 15) is 13.2 Å². The molecule has 12 heteroatoms. The van der Waals surface area contributed by atoms with Gasteiger partial charge in [-0.25, -0.2) is 14.8 Å². The Morgan fingerprint density at radius 3 is 2.53 bits per heavy atom. The van der Waals surface area contributed by atoms with Crippen LogP contribution in [0.15, 0.2) is 24.5 Å². The molecule has 0 aromatic carbocycles. The minimum Gasteiger partial charge on any atom is -0.330 e. The highest BCUT2D eigenvalue weighted by Gasteiger charge is 2.47. The van der Waals surface area contributed by atoms with Gasteiger partial charge in [0.15, 0.2) is 5.82 Å². The molecule has 2 fully saturated rings. The number of anilines is 1. The molecular formula is C26H30ClF3N8. The number of aryl methyl sites for hydroxylation is 1. The van der Waals surface area contributed by atoms with Crippen LogP contribution in [-0.4, -0.2) is 53.3 Å². The molecule has 0 unspecified atom stereocenters. The van der Waals surface area contributed by atoms with Crippen molar-refractivity contribution in [3.63, 3.8) is 0 Å². The monoisotopic (exact) mass is 546 g/mol. The van der Waals surface area contributed by atoms with E-state index < -0.39 is 12.2 Å². The lowest BCUT2D eigenvalue weighted by atomic mass is 9.83. The molecule has 0 bridgehead atoms. The Balaban J connectivity index is 1.57. The summed E-state index contributed by atoms with van der Waals surface area (Å²) in [5.74, 6) is 1.95. The highest BCUT2D eigenvalue weighted by Crippen LogP contribution is 2.41. The van der Waals surface area contributed by atoms with Gasteiger partial charge >= 0.3 is 6.18 Å². The molecule has 6 rings (SSSR count). The number of hydrogen-bond donors (Lipinski definition) is 1. The molecule has 2 aliphatic rings. The summed E-state index contributed by atoms with van der Waals surface area (Å²) in [5, 5.41) is 7.87. The SMILES string of the molecule is CC1CCC(Cn2c(N3CCC[C@H]3C(F)(F)F)nc3cc(-c4nn(C)[nH]4)nc(-c4cncc(Cl)c4)c32)CC1. The maximum atomic E-state index is 14.1. The number of rotatable bonds is 5. The lowest BCUT2D eigenvalue weighted by Gasteiger charge is -2.31. The first-order valence-corrected chi connectivity index (χ1v) is 13.5. The Hall–Kier alpha value is -3.08. The van der Waals surface area contributed by atoms with Crippen LogP contribution in [0.1, 0.15) is 45.4 Å². The van der Waals surface area contributed by atoms with Crippen molar-refractivity contribution in [2.75, 3.05) is 11.4 Å². The van der Waals surface area contributed by atoms with Gasteiger partial charge in [0.2, 0.25) is 5.95 Å². The third-order valence-electron chi connectivity index (χ3n) is 7.91. The lowest BCUT2D eigenvalue weighted by molar-refractivity contribution is -0.146. The molecule has 1 aliphatic carbocycles. The molecule has 4 aromatic heterocycles. The number of hydrogen-bond acceptors (Lipinski definition) is 5. The summed E-state index contributed by atoms with van der Waals surface area (Å²) in [6.45, 7) is 3.16. The third-order valence-corrected chi connectivity index (χ3v) is 8.11. The molecule has 8 nitrogen and oxygen atoms in total. The molecule has 1 saturated heterocycles. The largest absolute Gasteiger partial charge is 0.408 e. The Morgan fingerprint density at radius 2 is 1.84 bits per heavy atom. The van der Waals surface area contributed by atoms with Gasteiger partial charge in [0.25, 0.3) is 0 Å². The van der Waals surface area contributed by atoms with E-state index in [1.165, 1.54) is 4.90 Å². The summed E-state index contributed by atoms with van der Waals surface area (Å²) in [6.07, 6.45) is 3.73. The first-order valence-electron chi connectivity index (χ1n) is 13.1. The highest BCUT2D eigenvalue weighted by molar-refractivity contribution is 6.30. The minimum absolute atomic E-state index is 0.0648.